The minimum absolute atomic E-state index is 0. The molecule has 0 unspecified atom stereocenters. The van der Waals surface area contributed by atoms with E-state index < -0.39 is 0 Å². The quantitative estimate of drug-likeness (QED) is 0.252. The second-order valence-corrected chi connectivity index (χ2v) is 7.14. The zero-order valence-electron chi connectivity index (χ0n) is 16.7. The van der Waals surface area contributed by atoms with Crippen molar-refractivity contribution in [3.8, 4) is 0 Å². The monoisotopic (exact) mass is 530 g/mol. The Morgan fingerprint density at radius 1 is 1.17 bits per heavy atom. The average molecular weight is 530 g/mol. The number of thiazole rings is 1. The molecule has 0 aromatic carbocycles. The van der Waals surface area contributed by atoms with Crippen molar-refractivity contribution < 1.29 is 4.79 Å². The van der Waals surface area contributed by atoms with E-state index in [1.807, 2.05) is 13.0 Å². The highest BCUT2D eigenvalue weighted by Crippen LogP contribution is 2.11. The standard InChI is InChI=1S/C18H26N8OS.HI/c1-3-19-17(23-8-7-20-16(27)15-14(2)24-13-28-15)25-9-11-26(12-10-25)18-21-5-4-6-22-18;/h4-6,13H,3,7-12H2,1-2H3,(H,19,23)(H,20,27);1H. The third-order valence-corrected chi connectivity index (χ3v) is 5.29. The lowest BCUT2D eigenvalue weighted by molar-refractivity contribution is 0.0958. The number of anilines is 1. The third-order valence-electron chi connectivity index (χ3n) is 4.36. The largest absolute Gasteiger partial charge is 0.357 e. The molecule has 9 nitrogen and oxygen atoms in total. The van der Waals surface area contributed by atoms with E-state index in [1.165, 1.54) is 11.3 Å². The van der Waals surface area contributed by atoms with Gasteiger partial charge in [0.1, 0.15) is 4.88 Å². The lowest BCUT2D eigenvalue weighted by Gasteiger charge is -2.36. The van der Waals surface area contributed by atoms with E-state index in [0.717, 1.165) is 50.3 Å². The van der Waals surface area contributed by atoms with E-state index in [1.54, 1.807) is 17.9 Å². The van der Waals surface area contributed by atoms with Gasteiger partial charge in [0.15, 0.2) is 5.96 Å². The molecule has 1 aliphatic rings. The Labute approximate surface area is 192 Å². The van der Waals surface area contributed by atoms with E-state index in [-0.39, 0.29) is 29.9 Å². The Hall–Kier alpha value is -2.02. The molecular formula is C18H27IN8OS. The fourth-order valence-electron chi connectivity index (χ4n) is 2.93. The number of carbonyl (C=O) groups is 1. The molecule has 0 bridgehead atoms. The van der Waals surface area contributed by atoms with Gasteiger partial charge in [-0.05, 0) is 19.9 Å². The van der Waals surface area contributed by atoms with Crippen molar-refractivity contribution in [2.24, 2.45) is 4.99 Å². The molecule has 11 heteroatoms. The summed E-state index contributed by atoms with van der Waals surface area (Å²) in [6.45, 7) is 9.08. The molecule has 29 heavy (non-hydrogen) atoms. The summed E-state index contributed by atoms with van der Waals surface area (Å²) in [5, 5.41) is 6.25. The van der Waals surface area contributed by atoms with Gasteiger partial charge in [0.25, 0.3) is 5.91 Å². The van der Waals surface area contributed by atoms with Gasteiger partial charge in [0.05, 0.1) is 17.7 Å². The maximum Gasteiger partial charge on any atom is 0.263 e. The van der Waals surface area contributed by atoms with Crippen molar-refractivity contribution in [3.05, 3.63) is 34.5 Å². The number of hydrogen-bond acceptors (Lipinski definition) is 7. The van der Waals surface area contributed by atoms with Gasteiger partial charge in [-0.2, -0.15) is 0 Å². The first-order valence-corrected chi connectivity index (χ1v) is 10.3. The summed E-state index contributed by atoms with van der Waals surface area (Å²) in [7, 11) is 0. The molecule has 3 rings (SSSR count). The van der Waals surface area contributed by atoms with E-state index >= 15 is 0 Å². The van der Waals surface area contributed by atoms with Crippen molar-refractivity contribution in [3.63, 3.8) is 0 Å². The van der Waals surface area contributed by atoms with E-state index in [9.17, 15) is 4.79 Å². The predicted octanol–water partition coefficient (Wildman–Crippen LogP) is 1.38. The zero-order valence-corrected chi connectivity index (χ0v) is 19.8. The van der Waals surface area contributed by atoms with Gasteiger partial charge in [0.2, 0.25) is 5.95 Å². The number of aliphatic imine (C=N–C) groups is 1. The molecule has 1 aliphatic heterocycles. The molecule has 1 amide bonds. The Balaban J connectivity index is 0.00000300. The van der Waals surface area contributed by atoms with Crippen LogP contribution in [-0.4, -0.2) is 77.5 Å². The number of amides is 1. The van der Waals surface area contributed by atoms with Crippen LogP contribution in [0.25, 0.3) is 0 Å². The Morgan fingerprint density at radius 2 is 1.90 bits per heavy atom. The summed E-state index contributed by atoms with van der Waals surface area (Å²) < 4.78 is 0. The van der Waals surface area contributed by atoms with Crippen LogP contribution in [0.5, 0.6) is 0 Å². The highest BCUT2D eigenvalue weighted by atomic mass is 127. The van der Waals surface area contributed by atoms with Crippen LogP contribution in [0.4, 0.5) is 5.95 Å². The first-order chi connectivity index (χ1) is 13.7. The van der Waals surface area contributed by atoms with Gasteiger partial charge in [0, 0.05) is 51.7 Å². The van der Waals surface area contributed by atoms with Gasteiger partial charge >= 0.3 is 0 Å². The number of guanidine groups is 1. The molecule has 2 N–H and O–H groups in total. The first-order valence-electron chi connectivity index (χ1n) is 9.42. The highest BCUT2D eigenvalue weighted by Gasteiger charge is 2.21. The zero-order chi connectivity index (χ0) is 19.8. The fraction of sp³-hybridized carbons (Fsp3) is 0.500. The van der Waals surface area contributed by atoms with Crippen LogP contribution in [-0.2, 0) is 0 Å². The van der Waals surface area contributed by atoms with Gasteiger partial charge in [-0.15, -0.1) is 35.3 Å². The second kappa shape index (κ2) is 11.9. The van der Waals surface area contributed by atoms with Crippen molar-refractivity contribution in [2.75, 3.05) is 50.7 Å². The summed E-state index contributed by atoms with van der Waals surface area (Å²) in [5.74, 6) is 1.56. The third kappa shape index (κ3) is 6.49. The number of nitrogens with one attached hydrogen (secondary N) is 2. The van der Waals surface area contributed by atoms with Gasteiger partial charge < -0.3 is 20.4 Å². The van der Waals surface area contributed by atoms with Crippen LogP contribution in [0.15, 0.2) is 29.0 Å². The number of aromatic nitrogens is 3. The van der Waals surface area contributed by atoms with E-state index in [0.29, 0.717) is 18.0 Å². The van der Waals surface area contributed by atoms with Crippen LogP contribution in [0.3, 0.4) is 0 Å². The predicted molar refractivity (Wildman–Crippen MR) is 126 cm³/mol. The minimum atomic E-state index is -0.0864. The molecule has 3 heterocycles. The smallest absolute Gasteiger partial charge is 0.263 e. The summed E-state index contributed by atoms with van der Waals surface area (Å²) in [4.78, 5) is 34.6. The van der Waals surface area contributed by atoms with Crippen molar-refractivity contribution in [1.82, 2.24) is 30.5 Å². The van der Waals surface area contributed by atoms with Crippen molar-refractivity contribution >= 4 is 53.1 Å². The summed E-state index contributed by atoms with van der Waals surface area (Å²) >= 11 is 1.36. The Morgan fingerprint density at radius 3 is 2.52 bits per heavy atom. The molecule has 2 aromatic rings. The van der Waals surface area contributed by atoms with Crippen LogP contribution in [0.2, 0.25) is 0 Å². The minimum Gasteiger partial charge on any atom is -0.357 e. The maximum atomic E-state index is 12.1. The number of piperazine rings is 1. The molecule has 158 valence electrons. The molecular weight excluding hydrogens is 503 g/mol. The number of rotatable bonds is 6. The normalized spacial score (nSPS) is 14.3. The Bertz CT molecular complexity index is 792. The molecule has 0 spiro atoms. The van der Waals surface area contributed by atoms with Crippen molar-refractivity contribution in [1.29, 1.82) is 0 Å². The summed E-state index contributed by atoms with van der Waals surface area (Å²) in [6, 6.07) is 1.82. The first kappa shape index (κ1) is 23.3. The molecule has 1 fully saturated rings. The number of halogens is 1. The average Bonchev–Trinajstić information content (AvgIpc) is 3.17. The fourth-order valence-corrected chi connectivity index (χ4v) is 3.65. The number of hydrogen-bond donors (Lipinski definition) is 2. The second-order valence-electron chi connectivity index (χ2n) is 6.28. The van der Waals surface area contributed by atoms with E-state index in [4.69, 9.17) is 0 Å². The topological polar surface area (TPSA) is 98.6 Å². The summed E-state index contributed by atoms with van der Waals surface area (Å²) in [6.07, 6.45) is 3.53. The van der Waals surface area contributed by atoms with Crippen LogP contribution in [0.1, 0.15) is 22.3 Å². The highest BCUT2D eigenvalue weighted by molar-refractivity contribution is 14.0. The molecule has 0 saturated carbocycles. The lowest BCUT2D eigenvalue weighted by atomic mass is 10.3. The van der Waals surface area contributed by atoms with Crippen LogP contribution < -0.4 is 15.5 Å². The van der Waals surface area contributed by atoms with Gasteiger partial charge in [-0.3, -0.25) is 9.79 Å². The summed E-state index contributed by atoms with van der Waals surface area (Å²) in [5.41, 5.74) is 2.45. The number of aryl methyl sites for hydroxylation is 1. The molecule has 0 aliphatic carbocycles. The van der Waals surface area contributed by atoms with Crippen LogP contribution >= 0.6 is 35.3 Å². The molecule has 0 atom stereocenters. The molecule has 1 saturated heterocycles. The van der Waals surface area contributed by atoms with Gasteiger partial charge in [-0.25, -0.2) is 15.0 Å². The lowest BCUT2D eigenvalue weighted by Crippen LogP contribution is -2.53. The number of carbonyl (C=O) groups excluding carboxylic acids is 1. The maximum absolute atomic E-state index is 12.1. The molecule has 0 radical (unpaired) electrons. The molecule has 2 aromatic heterocycles. The Kier molecular flexibility index (Phi) is 9.51. The van der Waals surface area contributed by atoms with Crippen molar-refractivity contribution in [2.45, 2.75) is 13.8 Å². The van der Waals surface area contributed by atoms with Gasteiger partial charge in [-0.1, -0.05) is 0 Å². The van der Waals surface area contributed by atoms with Crippen LogP contribution in [0, 0.1) is 6.92 Å². The SMILES string of the molecule is CCNC(=NCCNC(=O)c1scnc1C)N1CCN(c2ncccn2)CC1.I. The van der Waals surface area contributed by atoms with E-state index in [2.05, 4.69) is 47.3 Å². The number of nitrogens with zero attached hydrogens (tertiary/aromatic N) is 6.